The summed E-state index contributed by atoms with van der Waals surface area (Å²) in [4.78, 5) is 26.3. The molecule has 1 fully saturated rings. The van der Waals surface area contributed by atoms with E-state index in [1.807, 2.05) is 32.9 Å². The predicted octanol–water partition coefficient (Wildman–Crippen LogP) is 4.85. The van der Waals surface area contributed by atoms with E-state index in [1.54, 1.807) is 22.1 Å². The first-order valence-corrected chi connectivity index (χ1v) is 14.8. The number of fused-ring (bicyclic) bond motifs is 2. The molecule has 2 aliphatic rings. The maximum Gasteiger partial charge on any atom is 0.418 e. The van der Waals surface area contributed by atoms with Crippen molar-refractivity contribution in [3.63, 3.8) is 0 Å². The van der Waals surface area contributed by atoms with Gasteiger partial charge in [-0.05, 0) is 77.3 Å². The number of thiazole rings is 1. The van der Waals surface area contributed by atoms with Crippen LogP contribution in [0.15, 0.2) is 30.5 Å². The third-order valence-electron chi connectivity index (χ3n) is 7.66. The number of anilines is 2. The fraction of sp³-hybridized carbons (Fsp3) is 0.586. The Hall–Kier alpha value is -2.62. The predicted molar refractivity (Wildman–Crippen MR) is 156 cm³/mol. The number of carbonyl (C=O) groups excluding carboxylic acids is 1. The highest BCUT2D eigenvalue weighted by Crippen LogP contribution is 2.30. The average Bonchev–Trinajstić information content (AvgIpc) is 3.47. The molecule has 3 heterocycles. The molecule has 38 heavy (non-hydrogen) atoms. The molecule has 1 atom stereocenters. The first kappa shape index (κ1) is 27.0. The Labute approximate surface area is 230 Å². The van der Waals surface area contributed by atoms with Gasteiger partial charge in [0.05, 0.1) is 11.2 Å². The highest BCUT2D eigenvalue weighted by Gasteiger charge is 2.27. The molecule has 1 aliphatic carbocycles. The van der Waals surface area contributed by atoms with E-state index in [0.717, 1.165) is 74.7 Å². The van der Waals surface area contributed by atoms with Gasteiger partial charge in [-0.3, -0.25) is 14.4 Å². The molecule has 0 saturated carbocycles. The van der Waals surface area contributed by atoms with Crippen LogP contribution in [0.1, 0.15) is 51.1 Å². The molecule has 2 aromatic heterocycles. The number of hydrogen-bond donors (Lipinski definition) is 1. The van der Waals surface area contributed by atoms with Crippen LogP contribution in [0.3, 0.4) is 0 Å². The van der Waals surface area contributed by atoms with E-state index < -0.39 is 5.60 Å². The van der Waals surface area contributed by atoms with Gasteiger partial charge in [0.2, 0.25) is 0 Å². The van der Waals surface area contributed by atoms with Crippen LogP contribution in [-0.4, -0.2) is 82.9 Å². The molecule has 0 radical (unpaired) electrons. The van der Waals surface area contributed by atoms with E-state index in [4.69, 9.17) is 10.5 Å². The molecule has 5 rings (SSSR count). The van der Waals surface area contributed by atoms with Gasteiger partial charge in [0.25, 0.3) is 0 Å². The highest BCUT2D eigenvalue weighted by atomic mass is 32.1. The van der Waals surface area contributed by atoms with Gasteiger partial charge in [0.15, 0.2) is 5.13 Å². The van der Waals surface area contributed by atoms with Crippen molar-refractivity contribution in [2.45, 2.75) is 65.0 Å². The van der Waals surface area contributed by atoms with Crippen molar-refractivity contribution < 1.29 is 9.53 Å². The number of benzene rings is 1. The summed E-state index contributed by atoms with van der Waals surface area (Å²) in [7, 11) is 0. The number of carbonyl (C=O) groups is 1. The number of aromatic nitrogens is 2. The van der Waals surface area contributed by atoms with Gasteiger partial charge >= 0.3 is 6.09 Å². The summed E-state index contributed by atoms with van der Waals surface area (Å²) in [5.74, 6) is 0. The quantitative estimate of drug-likeness (QED) is 0.460. The lowest BCUT2D eigenvalue weighted by molar-refractivity contribution is 0.0544. The zero-order valence-electron chi connectivity index (χ0n) is 23.3. The third-order valence-corrected chi connectivity index (χ3v) is 8.61. The standard InChI is InChI=1S/C29H42N6O2S/c1-5-11-33(23-6-8-24-26(20-23)38-27(30)31-24)16-13-32-14-17-34(18-15-32)22-7-9-25-21(19-22)10-12-35(25)28(36)37-29(2,3)4/h7,9-10,12,19,23H,5-6,8,11,13-18,20H2,1-4H3,(H2,30,31)/t23-/m0/s1. The zero-order valence-corrected chi connectivity index (χ0v) is 24.1. The summed E-state index contributed by atoms with van der Waals surface area (Å²) < 4.78 is 7.15. The van der Waals surface area contributed by atoms with Crippen molar-refractivity contribution in [3.8, 4) is 0 Å². The number of nitrogens with two attached hydrogens (primary N) is 1. The van der Waals surface area contributed by atoms with E-state index in [-0.39, 0.29) is 6.09 Å². The van der Waals surface area contributed by atoms with Gasteiger partial charge in [-0.1, -0.05) is 6.92 Å². The van der Waals surface area contributed by atoms with E-state index in [9.17, 15) is 4.79 Å². The summed E-state index contributed by atoms with van der Waals surface area (Å²) in [5.41, 5.74) is 8.79. The number of nitrogen functional groups attached to an aromatic ring is 1. The van der Waals surface area contributed by atoms with Gasteiger partial charge in [0.1, 0.15) is 5.60 Å². The lowest BCUT2D eigenvalue weighted by Gasteiger charge is -2.39. The molecule has 0 unspecified atom stereocenters. The molecule has 9 heteroatoms. The van der Waals surface area contributed by atoms with Crippen molar-refractivity contribution in [2.75, 3.05) is 56.4 Å². The van der Waals surface area contributed by atoms with Crippen LogP contribution < -0.4 is 10.6 Å². The maximum absolute atomic E-state index is 12.6. The second-order valence-corrected chi connectivity index (χ2v) is 12.7. The largest absolute Gasteiger partial charge is 0.443 e. The van der Waals surface area contributed by atoms with Gasteiger partial charge < -0.3 is 15.4 Å². The third kappa shape index (κ3) is 6.16. The smallest absolute Gasteiger partial charge is 0.418 e. The first-order valence-electron chi connectivity index (χ1n) is 14.0. The molecule has 0 amide bonds. The van der Waals surface area contributed by atoms with Crippen molar-refractivity contribution in [2.24, 2.45) is 0 Å². The lowest BCUT2D eigenvalue weighted by atomic mass is 9.96. The van der Waals surface area contributed by atoms with Crippen molar-refractivity contribution in [1.82, 2.24) is 19.4 Å². The second kappa shape index (κ2) is 11.2. The van der Waals surface area contributed by atoms with E-state index in [0.29, 0.717) is 6.04 Å². The van der Waals surface area contributed by atoms with Crippen LogP contribution in [0.2, 0.25) is 0 Å². The second-order valence-electron chi connectivity index (χ2n) is 11.6. The fourth-order valence-electron chi connectivity index (χ4n) is 5.75. The number of hydrogen-bond acceptors (Lipinski definition) is 8. The average molecular weight is 539 g/mol. The minimum atomic E-state index is -0.517. The van der Waals surface area contributed by atoms with Crippen LogP contribution in [0.4, 0.5) is 15.6 Å². The Bertz CT molecular complexity index is 1250. The van der Waals surface area contributed by atoms with Crippen molar-refractivity contribution in [1.29, 1.82) is 0 Å². The van der Waals surface area contributed by atoms with Crippen LogP contribution in [0.5, 0.6) is 0 Å². The highest BCUT2D eigenvalue weighted by molar-refractivity contribution is 7.15. The molecule has 0 bridgehead atoms. The number of nitrogens with zero attached hydrogens (tertiary/aromatic N) is 5. The molecule has 1 aromatic carbocycles. The normalized spacial score (nSPS) is 18.8. The molecule has 8 nitrogen and oxygen atoms in total. The van der Waals surface area contributed by atoms with Crippen LogP contribution in [0.25, 0.3) is 10.9 Å². The molecule has 0 spiro atoms. The Kier molecular flexibility index (Phi) is 7.98. The van der Waals surface area contributed by atoms with E-state index in [2.05, 4.69) is 38.7 Å². The van der Waals surface area contributed by atoms with Crippen LogP contribution >= 0.6 is 11.3 Å². The summed E-state index contributed by atoms with van der Waals surface area (Å²) >= 11 is 1.68. The molecular formula is C29H42N6O2S. The molecule has 3 aromatic rings. The van der Waals surface area contributed by atoms with E-state index >= 15 is 0 Å². The Morgan fingerprint density at radius 2 is 1.97 bits per heavy atom. The summed E-state index contributed by atoms with van der Waals surface area (Å²) in [5, 5.41) is 1.78. The van der Waals surface area contributed by atoms with Crippen LogP contribution in [0, 0.1) is 0 Å². The monoisotopic (exact) mass is 538 g/mol. The Morgan fingerprint density at radius 3 is 2.71 bits per heavy atom. The van der Waals surface area contributed by atoms with Gasteiger partial charge in [0, 0.05) is 67.5 Å². The minimum Gasteiger partial charge on any atom is -0.443 e. The molecule has 1 aliphatic heterocycles. The maximum atomic E-state index is 12.6. The topological polar surface area (TPSA) is 79.9 Å². The number of piperazine rings is 1. The summed E-state index contributed by atoms with van der Waals surface area (Å²) in [6, 6.07) is 8.96. The van der Waals surface area contributed by atoms with E-state index in [1.165, 1.54) is 29.1 Å². The molecule has 206 valence electrons. The molecule has 1 saturated heterocycles. The van der Waals surface area contributed by atoms with Gasteiger partial charge in [-0.25, -0.2) is 9.78 Å². The zero-order chi connectivity index (χ0) is 26.9. The summed E-state index contributed by atoms with van der Waals surface area (Å²) in [6.45, 7) is 15.5. The van der Waals surface area contributed by atoms with Crippen LogP contribution in [-0.2, 0) is 17.6 Å². The first-order chi connectivity index (χ1) is 18.2. The molecular weight excluding hydrogens is 496 g/mol. The van der Waals surface area contributed by atoms with Gasteiger partial charge in [-0.2, -0.15) is 0 Å². The SMILES string of the molecule is CCCN(CCN1CCN(c2ccc3c(ccn3C(=O)OC(C)(C)C)c2)CC1)[C@H]1CCc2nc(N)sc2C1. The van der Waals surface area contributed by atoms with Crippen molar-refractivity contribution in [3.05, 3.63) is 41.0 Å². The number of rotatable bonds is 7. The number of aryl methyl sites for hydroxylation is 1. The Balaban J connectivity index is 1.14. The van der Waals surface area contributed by atoms with Crippen molar-refractivity contribution >= 4 is 39.2 Å². The van der Waals surface area contributed by atoms with Gasteiger partial charge in [-0.15, -0.1) is 11.3 Å². The number of ether oxygens (including phenoxy) is 1. The fourth-order valence-corrected chi connectivity index (χ4v) is 6.70. The minimum absolute atomic E-state index is 0.337. The Morgan fingerprint density at radius 1 is 1.18 bits per heavy atom. The molecule has 2 N–H and O–H groups in total. The summed E-state index contributed by atoms with van der Waals surface area (Å²) in [6.07, 6.45) is 5.98. The lowest BCUT2D eigenvalue weighted by Crippen LogP contribution is -2.50.